The first-order chi connectivity index (χ1) is 12.0. The second-order valence-electron chi connectivity index (χ2n) is 5.68. The minimum absolute atomic E-state index is 0.124. The van der Waals surface area contributed by atoms with Crippen LogP contribution in [0.4, 0.5) is 0 Å². The molecule has 0 aliphatic rings. The number of nitrogens with zero attached hydrogens (tertiary/aromatic N) is 3. The minimum atomic E-state index is -3.57. The molecule has 0 fully saturated rings. The molecule has 0 amide bonds. The maximum absolute atomic E-state index is 12.4. The lowest BCUT2D eigenvalue weighted by Gasteiger charge is -2.06. The van der Waals surface area contributed by atoms with Crippen LogP contribution in [0.25, 0.3) is 11.4 Å². The van der Waals surface area contributed by atoms with Gasteiger partial charge in [0.1, 0.15) is 0 Å². The van der Waals surface area contributed by atoms with Gasteiger partial charge in [0.25, 0.3) is 0 Å². The van der Waals surface area contributed by atoms with Crippen LogP contribution in [0.15, 0.2) is 59.6 Å². The van der Waals surface area contributed by atoms with Crippen LogP contribution in [0.3, 0.4) is 0 Å². The van der Waals surface area contributed by atoms with Crippen LogP contribution in [0, 0.1) is 0 Å². The van der Waals surface area contributed by atoms with Crippen molar-refractivity contribution in [3.05, 3.63) is 66.0 Å². The Bertz CT molecular complexity index is 949. The van der Waals surface area contributed by atoms with Crippen LogP contribution >= 0.6 is 0 Å². The monoisotopic (exact) mass is 356 g/mol. The van der Waals surface area contributed by atoms with E-state index in [1.165, 1.54) is 0 Å². The highest BCUT2D eigenvalue weighted by atomic mass is 32.2. The topological polar surface area (TPSA) is 76.9 Å². The van der Waals surface area contributed by atoms with Crippen LogP contribution in [0.1, 0.15) is 18.2 Å². The predicted octanol–water partition coefficient (Wildman–Crippen LogP) is 2.52. The summed E-state index contributed by atoms with van der Waals surface area (Å²) in [7, 11) is -1.76. The molecule has 0 saturated heterocycles. The van der Waals surface area contributed by atoms with Crippen LogP contribution in [-0.4, -0.2) is 23.2 Å². The summed E-state index contributed by atoms with van der Waals surface area (Å²) in [6.07, 6.45) is 2.59. The number of pyridine rings is 1. The molecule has 0 unspecified atom stereocenters. The molecule has 0 aliphatic carbocycles. The van der Waals surface area contributed by atoms with Gasteiger partial charge in [0, 0.05) is 13.2 Å². The van der Waals surface area contributed by atoms with Gasteiger partial charge in [-0.2, -0.15) is 5.10 Å². The molecule has 0 aliphatic heterocycles. The summed E-state index contributed by atoms with van der Waals surface area (Å²) in [5, 5.41) is 4.36. The summed E-state index contributed by atoms with van der Waals surface area (Å²) >= 11 is 0. The van der Waals surface area contributed by atoms with E-state index in [2.05, 4.69) is 14.8 Å². The van der Waals surface area contributed by atoms with Crippen molar-refractivity contribution < 1.29 is 8.42 Å². The van der Waals surface area contributed by atoms with Crippen molar-refractivity contribution in [1.82, 2.24) is 19.5 Å². The summed E-state index contributed by atoms with van der Waals surface area (Å²) in [6, 6.07) is 14.4. The van der Waals surface area contributed by atoms with Crippen molar-refractivity contribution in [3.63, 3.8) is 0 Å². The Morgan fingerprint density at radius 2 is 1.88 bits per heavy atom. The van der Waals surface area contributed by atoms with Gasteiger partial charge >= 0.3 is 0 Å². The SMILES string of the molecule is CCc1ccc(S(=O)(=O)NCc2cc(-c3ccccn3)n(C)n2)cc1. The van der Waals surface area contributed by atoms with Crippen molar-refractivity contribution in [2.24, 2.45) is 7.05 Å². The van der Waals surface area contributed by atoms with Gasteiger partial charge in [-0.25, -0.2) is 13.1 Å². The highest BCUT2D eigenvalue weighted by Crippen LogP contribution is 2.17. The number of hydrogen-bond donors (Lipinski definition) is 1. The van der Waals surface area contributed by atoms with Crippen LogP contribution in [0.5, 0.6) is 0 Å². The molecule has 3 aromatic rings. The number of nitrogens with one attached hydrogen (secondary N) is 1. The van der Waals surface area contributed by atoms with Crippen molar-refractivity contribution in [1.29, 1.82) is 0 Å². The Morgan fingerprint density at radius 1 is 1.12 bits per heavy atom. The molecule has 130 valence electrons. The zero-order chi connectivity index (χ0) is 17.9. The molecule has 0 spiro atoms. The zero-order valence-corrected chi connectivity index (χ0v) is 15.0. The van der Waals surface area contributed by atoms with Gasteiger partial charge in [-0.05, 0) is 42.3 Å². The fourth-order valence-corrected chi connectivity index (χ4v) is 3.52. The molecule has 25 heavy (non-hydrogen) atoms. The molecule has 0 atom stereocenters. The van der Waals surface area contributed by atoms with Gasteiger partial charge in [-0.3, -0.25) is 9.67 Å². The maximum Gasteiger partial charge on any atom is 0.240 e. The second-order valence-corrected chi connectivity index (χ2v) is 7.45. The smallest absolute Gasteiger partial charge is 0.240 e. The molecule has 0 saturated carbocycles. The normalized spacial score (nSPS) is 11.6. The molecular weight excluding hydrogens is 336 g/mol. The molecule has 2 heterocycles. The fraction of sp³-hybridized carbons (Fsp3) is 0.222. The number of aromatic nitrogens is 3. The molecule has 2 aromatic heterocycles. The molecule has 0 bridgehead atoms. The van der Waals surface area contributed by atoms with Crippen LogP contribution in [-0.2, 0) is 30.0 Å². The minimum Gasteiger partial charge on any atom is -0.266 e. The van der Waals surface area contributed by atoms with E-state index in [1.54, 1.807) is 23.0 Å². The van der Waals surface area contributed by atoms with Gasteiger partial charge in [0.2, 0.25) is 10.0 Å². The Labute approximate surface area is 147 Å². The quantitative estimate of drug-likeness (QED) is 0.736. The maximum atomic E-state index is 12.4. The molecule has 6 nitrogen and oxygen atoms in total. The lowest BCUT2D eigenvalue weighted by atomic mass is 10.2. The van der Waals surface area contributed by atoms with E-state index in [4.69, 9.17) is 0 Å². The molecule has 1 N–H and O–H groups in total. The van der Waals surface area contributed by atoms with E-state index in [9.17, 15) is 8.42 Å². The number of aryl methyl sites for hydroxylation is 2. The van der Waals surface area contributed by atoms with Gasteiger partial charge in [0.05, 0.1) is 28.5 Å². The van der Waals surface area contributed by atoms with Crippen molar-refractivity contribution in [2.45, 2.75) is 24.8 Å². The first kappa shape index (κ1) is 17.3. The van der Waals surface area contributed by atoms with Crippen molar-refractivity contribution >= 4 is 10.0 Å². The van der Waals surface area contributed by atoms with Crippen LogP contribution < -0.4 is 4.72 Å². The Morgan fingerprint density at radius 3 is 2.52 bits per heavy atom. The average molecular weight is 356 g/mol. The van der Waals surface area contributed by atoms with Gasteiger partial charge in [-0.15, -0.1) is 0 Å². The first-order valence-electron chi connectivity index (χ1n) is 8.02. The molecule has 3 rings (SSSR count). The van der Waals surface area contributed by atoms with Gasteiger partial charge in [-0.1, -0.05) is 25.1 Å². The number of hydrogen-bond acceptors (Lipinski definition) is 4. The number of benzene rings is 1. The third-order valence-corrected chi connectivity index (χ3v) is 5.36. The lowest BCUT2D eigenvalue weighted by molar-refractivity contribution is 0.579. The zero-order valence-electron chi connectivity index (χ0n) is 14.2. The van der Waals surface area contributed by atoms with Gasteiger partial charge < -0.3 is 0 Å². The fourth-order valence-electron chi connectivity index (χ4n) is 2.52. The van der Waals surface area contributed by atoms with E-state index in [1.807, 2.05) is 50.4 Å². The van der Waals surface area contributed by atoms with Gasteiger partial charge in [0.15, 0.2) is 0 Å². The third-order valence-electron chi connectivity index (χ3n) is 3.94. The lowest BCUT2D eigenvalue weighted by Crippen LogP contribution is -2.23. The Kier molecular flexibility index (Phi) is 4.96. The summed E-state index contributed by atoms with van der Waals surface area (Å²) in [6.45, 7) is 2.15. The highest BCUT2D eigenvalue weighted by molar-refractivity contribution is 7.89. The predicted molar refractivity (Wildman–Crippen MR) is 96.3 cm³/mol. The summed E-state index contributed by atoms with van der Waals surface area (Å²) < 4.78 is 29.1. The molecule has 7 heteroatoms. The Hall–Kier alpha value is -2.51. The summed E-state index contributed by atoms with van der Waals surface area (Å²) in [5.74, 6) is 0. The van der Waals surface area contributed by atoms with Crippen molar-refractivity contribution in [2.75, 3.05) is 0 Å². The third kappa shape index (κ3) is 3.94. The molecule has 1 aromatic carbocycles. The average Bonchev–Trinajstić information content (AvgIpc) is 3.02. The largest absolute Gasteiger partial charge is 0.266 e. The second kappa shape index (κ2) is 7.16. The van der Waals surface area contributed by atoms with E-state index < -0.39 is 10.0 Å². The molecular formula is C18H20N4O2S. The van der Waals surface area contributed by atoms with Crippen molar-refractivity contribution in [3.8, 4) is 11.4 Å². The Balaban J connectivity index is 1.75. The molecule has 0 radical (unpaired) electrons. The van der Waals surface area contributed by atoms with E-state index in [-0.39, 0.29) is 11.4 Å². The first-order valence-corrected chi connectivity index (χ1v) is 9.51. The number of sulfonamides is 1. The van der Waals surface area contributed by atoms with E-state index >= 15 is 0 Å². The van der Waals surface area contributed by atoms with E-state index in [0.29, 0.717) is 5.69 Å². The highest BCUT2D eigenvalue weighted by Gasteiger charge is 2.15. The van der Waals surface area contributed by atoms with Crippen LogP contribution in [0.2, 0.25) is 0 Å². The standard InChI is InChI=1S/C18H20N4O2S/c1-3-14-7-9-16(10-8-14)25(23,24)20-13-15-12-18(22(2)21-15)17-6-4-5-11-19-17/h4-12,20H,3,13H2,1-2H3. The summed E-state index contributed by atoms with van der Waals surface area (Å²) in [4.78, 5) is 4.55. The van der Waals surface area contributed by atoms with E-state index in [0.717, 1.165) is 23.4 Å². The number of rotatable bonds is 6. The summed E-state index contributed by atoms with van der Waals surface area (Å²) in [5.41, 5.74) is 3.37.